The summed E-state index contributed by atoms with van der Waals surface area (Å²) in [6.07, 6.45) is 0. The largest absolute Gasteiger partial charge is 0.323 e. The van der Waals surface area contributed by atoms with Gasteiger partial charge in [-0.3, -0.25) is 5.32 Å². The number of carbonyl (C=O) groups is 1. The van der Waals surface area contributed by atoms with Gasteiger partial charge in [-0.05, 0) is 56.9 Å². The second-order valence-electron chi connectivity index (χ2n) is 7.20. The second kappa shape index (κ2) is 7.81. The molecule has 1 aliphatic heterocycles. The Bertz CT molecular complexity index is 980. The number of urea groups is 1. The van der Waals surface area contributed by atoms with Gasteiger partial charge >= 0.3 is 6.03 Å². The van der Waals surface area contributed by atoms with Crippen molar-refractivity contribution in [2.24, 2.45) is 0 Å². The molecule has 0 unspecified atom stereocenters. The standard InChI is InChI=1S/C19H26N4O3S2/c1-12-10-13(2)16(5)17(15(12)4)28(25,26)23-8-6-22(7-9-23)19(24)21-18-20-14(3)11-27-18/h10-11H,6-9H2,1-5H3,(H,20,21,24). The van der Waals surface area contributed by atoms with Crippen molar-refractivity contribution in [1.82, 2.24) is 14.2 Å². The molecule has 0 radical (unpaired) electrons. The molecule has 2 amide bonds. The highest BCUT2D eigenvalue weighted by atomic mass is 32.2. The van der Waals surface area contributed by atoms with E-state index in [9.17, 15) is 13.2 Å². The number of aromatic nitrogens is 1. The minimum Gasteiger partial charge on any atom is -0.322 e. The molecule has 1 aromatic carbocycles. The van der Waals surface area contributed by atoms with Crippen LogP contribution in [0, 0.1) is 34.6 Å². The lowest BCUT2D eigenvalue weighted by Gasteiger charge is -2.34. The highest BCUT2D eigenvalue weighted by Crippen LogP contribution is 2.29. The maximum Gasteiger partial charge on any atom is 0.323 e. The van der Waals surface area contributed by atoms with Gasteiger partial charge in [0.2, 0.25) is 10.0 Å². The lowest BCUT2D eigenvalue weighted by Crippen LogP contribution is -2.51. The van der Waals surface area contributed by atoms with Crippen molar-refractivity contribution in [2.75, 3.05) is 31.5 Å². The molecule has 7 nitrogen and oxygen atoms in total. The zero-order valence-corrected chi connectivity index (χ0v) is 18.5. The molecule has 28 heavy (non-hydrogen) atoms. The molecular weight excluding hydrogens is 396 g/mol. The van der Waals surface area contributed by atoms with Crippen LogP contribution < -0.4 is 5.32 Å². The molecule has 1 saturated heterocycles. The Kier molecular flexibility index (Phi) is 5.79. The molecule has 3 rings (SSSR count). The molecule has 0 saturated carbocycles. The highest BCUT2D eigenvalue weighted by Gasteiger charge is 2.33. The van der Waals surface area contributed by atoms with Crippen LogP contribution >= 0.6 is 11.3 Å². The Morgan fingerprint density at radius 3 is 2.11 bits per heavy atom. The number of carbonyl (C=O) groups excluding carboxylic acids is 1. The van der Waals surface area contributed by atoms with E-state index in [1.54, 1.807) is 4.90 Å². The molecule has 2 heterocycles. The molecule has 9 heteroatoms. The molecule has 1 fully saturated rings. The van der Waals surface area contributed by atoms with Gasteiger partial charge in [-0.2, -0.15) is 4.31 Å². The maximum atomic E-state index is 13.3. The molecular formula is C19H26N4O3S2. The first-order valence-electron chi connectivity index (χ1n) is 9.17. The SMILES string of the molecule is Cc1csc(NC(=O)N2CCN(S(=O)(=O)c3c(C)c(C)cc(C)c3C)CC2)n1. The van der Waals surface area contributed by atoms with Crippen molar-refractivity contribution in [1.29, 1.82) is 0 Å². The predicted octanol–water partition coefficient (Wildman–Crippen LogP) is 3.22. The van der Waals surface area contributed by atoms with E-state index in [0.717, 1.165) is 27.9 Å². The minimum absolute atomic E-state index is 0.245. The summed E-state index contributed by atoms with van der Waals surface area (Å²) < 4.78 is 28.1. The quantitative estimate of drug-likeness (QED) is 0.823. The molecule has 1 aliphatic rings. The Morgan fingerprint density at radius 1 is 1.04 bits per heavy atom. The van der Waals surface area contributed by atoms with Crippen LogP contribution in [0.3, 0.4) is 0 Å². The van der Waals surface area contributed by atoms with Crippen molar-refractivity contribution in [3.63, 3.8) is 0 Å². The average molecular weight is 423 g/mol. The van der Waals surface area contributed by atoms with Crippen LogP contribution in [0.2, 0.25) is 0 Å². The summed E-state index contributed by atoms with van der Waals surface area (Å²) in [4.78, 5) is 18.7. The summed E-state index contributed by atoms with van der Waals surface area (Å²) in [6.45, 7) is 10.7. The molecule has 152 valence electrons. The van der Waals surface area contributed by atoms with Crippen LogP contribution in [0.1, 0.15) is 27.9 Å². The Balaban J connectivity index is 1.73. The fourth-order valence-corrected chi connectivity index (χ4v) is 6.09. The highest BCUT2D eigenvalue weighted by molar-refractivity contribution is 7.89. The molecule has 2 aromatic rings. The fraction of sp³-hybridized carbons (Fsp3) is 0.474. The summed E-state index contributed by atoms with van der Waals surface area (Å²) in [5, 5.41) is 5.20. The Hall–Kier alpha value is -1.97. The molecule has 1 aromatic heterocycles. The number of nitrogens with one attached hydrogen (secondary N) is 1. The first-order valence-corrected chi connectivity index (χ1v) is 11.5. The first kappa shape index (κ1) is 20.8. The van der Waals surface area contributed by atoms with Crippen LogP contribution in [0.25, 0.3) is 0 Å². The van der Waals surface area contributed by atoms with E-state index in [4.69, 9.17) is 0 Å². The van der Waals surface area contributed by atoms with Crippen LogP contribution in [-0.2, 0) is 10.0 Å². The van der Waals surface area contributed by atoms with E-state index in [2.05, 4.69) is 10.3 Å². The molecule has 0 atom stereocenters. The van der Waals surface area contributed by atoms with Crippen LogP contribution in [0.15, 0.2) is 16.3 Å². The maximum absolute atomic E-state index is 13.3. The lowest BCUT2D eigenvalue weighted by atomic mass is 10.0. The lowest BCUT2D eigenvalue weighted by molar-refractivity contribution is 0.184. The fourth-order valence-electron chi connectivity index (χ4n) is 3.41. The van der Waals surface area contributed by atoms with Gasteiger partial charge in [0.1, 0.15) is 0 Å². The summed E-state index contributed by atoms with van der Waals surface area (Å²) in [7, 11) is -3.61. The van der Waals surface area contributed by atoms with E-state index in [1.807, 2.05) is 46.1 Å². The number of thiazole rings is 1. The number of amides is 2. The van der Waals surface area contributed by atoms with Crippen molar-refractivity contribution in [3.05, 3.63) is 39.4 Å². The van der Waals surface area contributed by atoms with Crippen molar-refractivity contribution in [2.45, 2.75) is 39.5 Å². The van der Waals surface area contributed by atoms with Crippen molar-refractivity contribution in [3.8, 4) is 0 Å². The third kappa shape index (κ3) is 3.92. The number of anilines is 1. The van der Waals surface area contributed by atoms with Gasteiger partial charge in [0.25, 0.3) is 0 Å². The zero-order valence-electron chi connectivity index (χ0n) is 16.9. The van der Waals surface area contributed by atoms with Crippen LogP contribution in [0.4, 0.5) is 9.93 Å². The normalized spacial score (nSPS) is 15.7. The topological polar surface area (TPSA) is 82.6 Å². The minimum atomic E-state index is -3.61. The van der Waals surface area contributed by atoms with Gasteiger partial charge in [-0.15, -0.1) is 11.3 Å². The third-order valence-corrected chi connectivity index (χ3v) is 8.30. The molecule has 0 aliphatic carbocycles. The number of hydrogen-bond acceptors (Lipinski definition) is 5. The summed E-state index contributed by atoms with van der Waals surface area (Å²) >= 11 is 1.37. The van der Waals surface area contributed by atoms with Gasteiger partial charge in [0.05, 0.1) is 10.6 Å². The van der Waals surface area contributed by atoms with Crippen molar-refractivity contribution >= 4 is 32.5 Å². The molecule has 0 bridgehead atoms. The van der Waals surface area contributed by atoms with Gasteiger partial charge < -0.3 is 4.90 Å². The van der Waals surface area contributed by atoms with Crippen LogP contribution in [0.5, 0.6) is 0 Å². The number of benzene rings is 1. The first-order chi connectivity index (χ1) is 13.1. The third-order valence-electron chi connectivity index (χ3n) is 5.25. The summed E-state index contributed by atoms with van der Waals surface area (Å²) in [6, 6.07) is 1.77. The van der Waals surface area contributed by atoms with E-state index in [1.165, 1.54) is 15.6 Å². The Labute approximate surface area is 170 Å². The van der Waals surface area contributed by atoms with Crippen LogP contribution in [-0.4, -0.2) is 54.8 Å². The zero-order chi connectivity index (χ0) is 20.6. The number of nitrogens with zero attached hydrogens (tertiary/aromatic N) is 3. The van der Waals surface area contributed by atoms with Gasteiger partial charge in [0, 0.05) is 31.6 Å². The number of aryl methyl sites for hydroxylation is 3. The van der Waals surface area contributed by atoms with Gasteiger partial charge in [-0.25, -0.2) is 18.2 Å². The number of hydrogen-bond donors (Lipinski definition) is 1. The van der Waals surface area contributed by atoms with E-state index < -0.39 is 10.0 Å². The van der Waals surface area contributed by atoms with Crippen molar-refractivity contribution < 1.29 is 13.2 Å². The summed E-state index contributed by atoms with van der Waals surface area (Å²) in [5.74, 6) is 0. The average Bonchev–Trinajstić information content (AvgIpc) is 3.05. The summed E-state index contributed by atoms with van der Waals surface area (Å²) in [5.41, 5.74) is 4.39. The number of rotatable bonds is 3. The smallest absolute Gasteiger partial charge is 0.322 e. The second-order valence-corrected chi connectivity index (χ2v) is 9.94. The Morgan fingerprint density at radius 2 is 1.61 bits per heavy atom. The monoisotopic (exact) mass is 422 g/mol. The van der Waals surface area contributed by atoms with E-state index in [-0.39, 0.29) is 19.1 Å². The van der Waals surface area contributed by atoms with E-state index in [0.29, 0.717) is 23.1 Å². The predicted molar refractivity (Wildman–Crippen MR) is 112 cm³/mol. The van der Waals surface area contributed by atoms with E-state index >= 15 is 0 Å². The van der Waals surface area contributed by atoms with Gasteiger partial charge in [0.15, 0.2) is 5.13 Å². The number of sulfonamides is 1. The van der Waals surface area contributed by atoms with Gasteiger partial charge in [-0.1, -0.05) is 6.07 Å². The molecule has 1 N–H and O–H groups in total. The molecule has 0 spiro atoms. The number of piperazine rings is 1.